The van der Waals surface area contributed by atoms with Gasteiger partial charge in [-0.15, -0.1) is 0 Å². The van der Waals surface area contributed by atoms with Crippen LogP contribution in [0.2, 0.25) is 0 Å². The summed E-state index contributed by atoms with van der Waals surface area (Å²) in [5.74, 6) is -3.12. The molecule has 1 aromatic heterocycles. The van der Waals surface area contributed by atoms with Crippen molar-refractivity contribution in [2.75, 3.05) is 36.5 Å². The number of ether oxygens (including phenoxy) is 2. The number of hydrogen-bond acceptors (Lipinski definition) is 6. The lowest BCUT2D eigenvalue weighted by molar-refractivity contribution is -0.130. The highest BCUT2D eigenvalue weighted by Gasteiger charge is 2.48. The molecular weight excluding hydrogens is 501 g/mol. The Hall–Kier alpha value is -2.89. The van der Waals surface area contributed by atoms with E-state index in [1.165, 1.54) is 0 Å². The molecule has 6 rings (SSSR count). The lowest BCUT2D eigenvalue weighted by Gasteiger charge is -2.51. The van der Waals surface area contributed by atoms with Gasteiger partial charge in [0.1, 0.15) is 12.2 Å². The Bertz CT molecular complexity index is 1170. The normalized spacial score (nSPS) is 26.1. The van der Waals surface area contributed by atoms with Crippen LogP contribution in [0.3, 0.4) is 0 Å². The molecule has 1 N–H and O–H groups in total. The molecule has 2 aliphatic carbocycles. The average Bonchev–Trinajstić information content (AvgIpc) is 3.20. The van der Waals surface area contributed by atoms with Crippen LogP contribution in [0, 0.1) is 28.9 Å². The number of anilines is 2. The van der Waals surface area contributed by atoms with Gasteiger partial charge in [0.25, 0.3) is 11.9 Å². The third-order valence-electron chi connectivity index (χ3n) is 7.88. The van der Waals surface area contributed by atoms with Crippen LogP contribution in [0.1, 0.15) is 48.4 Å². The molecule has 12 heteroatoms. The highest BCUT2D eigenvalue weighted by molar-refractivity contribution is 6.03. The summed E-state index contributed by atoms with van der Waals surface area (Å²) in [7, 11) is 0. The minimum Gasteiger partial charge on any atom is -0.484 e. The van der Waals surface area contributed by atoms with E-state index in [4.69, 9.17) is 13.9 Å². The van der Waals surface area contributed by atoms with Gasteiger partial charge in [-0.1, -0.05) is 0 Å². The molecule has 2 aliphatic heterocycles. The van der Waals surface area contributed by atoms with E-state index in [1.54, 1.807) is 4.90 Å². The van der Waals surface area contributed by atoms with E-state index in [9.17, 15) is 26.7 Å². The number of halogens is 5. The molecular formula is C25H26F5N3O4. The van der Waals surface area contributed by atoms with Crippen LogP contribution in [-0.4, -0.2) is 49.5 Å². The summed E-state index contributed by atoms with van der Waals surface area (Å²) in [4.78, 5) is 18.6. The Morgan fingerprint density at radius 3 is 2.38 bits per heavy atom. The first-order valence-corrected chi connectivity index (χ1v) is 12.4. The van der Waals surface area contributed by atoms with Gasteiger partial charge in [0, 0.05) is 49.5 Å². The third-order valence-corrected chi connectivity index (χ3v) is 7.88. The number of amides is 1. The fourth-order valence-electron chi connectivity index (χ4n) is 5.83. The topological polar surface area (TPSA) is 76.8 Å². The van der Waals surface area contributed by atoms with Gasteiger partial charge in [0.2, 0.25) is 0 Å². The molecule has 0 bridgehead atoms. The van der Waals surface area contributed by atoms with Crippen molar-refractivity contribution < 1.29 is 40.6 Å². The van der Waals surface area contributed by atoms with Gasteiger partial charge in [0.05, 0.1) is 6.10 Å². The van der Waals surface area contributed by atoms with Gasteiger partial charge < -0.3 is 24.1 Å². The van der Waals surface area contributed by atoms with Crippen LogP contribution >= 0.6 is 0 Å². The minimum atomic E-state index is -4.65. The molecule has 37 heavy (non-hydrogen) atoms. The van der Waals surface area contributed by atoms with E-state index in [-0.39, 0.29) is 23.2 Å². The van der Waals surface area contributed by atoms with E-state index < -0.39 is 47.3 Å². The molecule has 2 atom stereocenters. The van der Waals surface area contributed by atoms with Crippen molar-refractivity contribution in [1.29, 1.82) is 0 Å². The number of alkyl halides is 3. The van der Waals surface area contributed by atoms with E-state index in [0.29, 0.717) is 38.1 Å². The molecule has 2 saturated carbocycles. The Balaban J connectivity index is 1.18. The Labute approximate surface area is 209 Å². The highest BCUT2D eigenvalue weighted by atomic mass is 19.4. The number of rotatable bonds is 6. The van der Waals surface area contributed by atoms with Crippen LogP contribution in [0.5, 0.6) is 5.75 Å². The predicted octanol–water partition coefficient (Wildman–Crippen LogP) is 5.10. The summed E-state index contributed by atoms with van der Waals surface area (Å²) in [5, 5.41) is 2.25. The minimum absolute atomic E-state index is 0.00284. The molecule has 7 nitrogen and oxygen atoms in total. The second kappa shape index (κ2) is 8.85. The number of nitrogens with zero attached hydrogens (tertiary/aromatic N) is 2. The summed E-state index contributed by atoms with van der Waals surface area (Å²) < 4.78 is 85.1. The van der Waals surface area contributed by atoms with Gasteiger partial charge in [-0.05, 0) is 43.9 Å². The summed E-state index contributed by atoms with van der Waals surface area (Å²) in [5.41, 5.74) is -0.849. The number of benzene rings is 1. The molecule has 2 unspecified atom stereocenters. The van der Waals surface area contributed by atoms with Crippen LogP contribution in [0.25, 0.3) is 0 Å². The third kappa shape index (κ3) is 4.99. The van der Waals surface area contributed by atoms with Crippen molar-refractivity contribution >= 4 is 17.6 Å². The van der Waals surface area contributed by atoms with Gasteiger partial charge in [0.15, 0.2) is 23.1 Å². The zero-order valence-corrected chi connectivity index (χ0v) is 19.9. The number of oxazole rings is 1. The maximum absolute atomic E-state index is 14.6. The van der Waals surface area contributed by atoms with E-state index in [0.717, 1.165) is 44.2 Å². The van der Waals surface area contributed by atoms with Crippen molar-refractivity contribution in [3.8, 4) is 5.75 Å². The van der Waals surface area contributed by atoms with Crippen molar-refractivity contribution in [3.63, 3.8) is 0 Å². The van der Waals surface area contributed by atoms with Gasteiger partial charge in [-0.25, -0.2) is 8.78 Å². The summed E-state index contributed by atoms with van der Waals surface area (Å²) in [6.45, 7) is 2.30. The number of aromatic nitrogens is 1. The van der Waals surface area contributed by atoms with Gasteiger partial charge in [-0.3, -0.25) is 4.79 Å². The second-order valence-electron chi connectivity index (χ2n) is 10.7. The first-order chi connectivity index (χ1) is 17.6. The standard InChI is InChI=1S/C25H26F5N3O4/c26-17-8-15(9-18(27)21(17)36-16-6-13-5-14(13)7-16)31-22(34)20-19(10-25(28,29)30)37-23(32-20)33-11-24(12-33)1-3-35-4-2-24/h8-9,13-14,16H,1-7,10-12H2,(H,31,34). The number of carbonyl (C=O) groups is 1. The zero-order valence-electron chi connectivity index (χ0n) is 19.9. The molecule has 1 amide bonds. The van der Waals surface area contributed by atoms with E-state index >= 15 is 0 Å². The molecule has 2 saturated heterocycles. The molecule has 4 aliphatic rings. The predicted molar refractivity (Wildman–Crippen MR) is 121 cm³/mol. The molecule has 0 radical (unpaired) electrons. The Kier molecular flexibility index (Phi) is 5.85. The fraction of sp³-hybridized carbons (Fsp3) is 0.600. The first kappa shape index (κ1) is 24.4. The van der Waals surface area contributed by atoms with E-state index in [1.807, 2.05) is 0 Å². The summed E-state index contributed by atoms with van der Waals surface area (Å²) in [6.07, 6.45) is -2.13. The summed E-state index contributed by atoms with van der Waals surface area (Å²) >= 11 is 0. The number of hydrogen-bond donors (Lipinski definition) is 1. The zero-order chi connectivity index (χ0) is 25.9. The number of carbonyl (C=O) groups excluding carboxylic acids is 1. The molecule has 4 fully saturated rings. The van der Waals surface area contributed by atoms with Crippen molar-refractivity contribution in [3.05, 3.63) is 35.2 Å². The first-order valence-electron chi connectivity index (χ1n) is 12.4. The number of nitrogens with one attached hydrogen (secondary N) is 1. The van der Waals surface area contributed by atoms with Crippen molar-refractivity contribution in [2.45, 2.75) is 50.8 Å². The Morgan fingerprint density at radius 1 is 1.11 bits per heavy atom. The SMILES string of the molecule is O=C(Nc1cc(F)c(OC2CC3CC3C2)c(F)c1)c1nc(N2CC3(CCOCC3)C2)oc1CC(F)(F)F. The largest absolute Gasteiger partial charge is 0.484 e. The maximum atomic E-state index is 14.6. The molecule has 2 aromatic rings. The van der Waals surface area contributed by atoms with Crippen LogP contribution < -0.4 is 15.0 Å². The van der Waals surface area contributed by atoms with Crippen LogP contribution in [0.15, 0.2) is 16.5 Å². The van der Waals surface area contributed by atoms with Gasteiger partial charge in [-0.2, -0.15) is 18.2 Å². The van der Waals surface area contributed by atoms with Gasteiger partial charge >= 0.3 is 6.18 Å². The Morgan fingerprint density at radius 2 is 1.76 bits per heavy atom. The van der Waals surface area contributed by atoms with Crippen LogP contribution in [0.4, 0.5) is 33.7 Å². The number of fused-ring (bicyclic) bond motifs is 1. The lowest BCUT2D eigenvalue weighted by Crippen LogP contribution is -2.58. The van der Waals surface area contributed by atoms with Crippen molar-refractivity contribution in [1.82, 2.24) is 4.98 Å². The monoisotopic (exact) mass is 527 g/mol. The fourth-order valence-corrected chi connectivity index (χ4v) is 5.83. The quantitative estimate of drug-likeness (QED) is 0.527. The molecule has 200 valence electrons. The smallest absolute Gasteiger partial charge is 0.396 e. The average molecular weight is 527 g/mol. The lowest BCUT2D eigenvalue weighted by atomic mass is 9.74. The molecule has 1 aromatic carbocycles. The second-order valence-corrected chi connectivity index (χ2v) is 10.7. The molecule has 1 spiro atoms. The van der Waals surface area contributed by atoms with Crippen molar-refractivity contribution in [2.24, 2.45) is 17.3 Å². The molecule has 3 heterocycles. The van der Waals surface area contributed by atoms with Crippen LogP contribution in [-0.2, 0) is 11.2 Å². The van der Waals surface area contributed by atoms with E-state index in [2.05, 4.69) is 10.3 Å². The maximum Gasteiger partial charge on any atom is 0.396 e. The highest BCUT2D eigenvalue weighted by Crippen LogP contribution is 2.52. The summed E-state index contributed by atoms with van der Waals surface area (Å²) in [6, 6.07) is 1.67.